The number of hydrogen-bond donors (Lipinski definition) is 1. The van der Waals surface area contributed by atoms with E-state index in [9.17, 15) is 10.1 Å². The maximum absolute atomic E-state index is 10.6. The van der Waals surface area contributed by atoms with Crippen LogP contribution in [0.1, 0.15) is 5.56 Å². The van der Waals surface area contributed by atoms with Gasteiger partial charge in [-0.2, -0.15) is 5.26 Å². The van der Waals surface area contributed by atoms with Crippen LogP contribution in [-0.4, -0.2) is 14.9 Å². The molecule has 0 saturated heterocycles. The average molecular weight is 188 g/mol. The van der Waals surface area contributed by atoms with Crippen LogP contribution >= 0.6 is 0 Å². The first kappa shape index (κ1) is 8.19. The quantitative estimate of drug-likeness (QED) is 0.539. The van der Waals surface area contributed by atoms with Crippen molar-refractivity contribution in [3.63, 3.8) is 0 Å². The van der Waals surface area contributed by atoms with Gasteiger partial charge in [0, 0.05) is 6.07 Å². The molecule has 1 heterocycles. The highest BCUT2D eigenvalue weighted by Crippen LogP contribution is 2.24. The lowest BCUT2D eigenvalue weighted by Gasteiger charge is -1.93. The number of hydrogen-bond acceptors (Lipinski definition) is 4. The van der Waals surface area contributed by atoms with Crippen molar-refractivity contribution in [1.82, 2.24) is 9.97 Å². The van der Waals surface area contributed by atoms with Crippen molar-refractivity contribution in [3.05, 3.63) is 34.1 Å². The fourth-order valence-corrected chi connectivity index (χ4v) is 1.26. The number of non-ortho nitro benzene ring substituents is 1. The third-order valence-corrected chi connectivity index (χ3v) is 1.88. The Kier molecular flexibility index (Phi) is 1.65. The summed E-state index contributed by atoms with van der Waals surface area (Å²) in [6.07, 6.45) is 1.33. The Morgan fingerprint density at radius 3 is 3.00 bits per heavy atom. The highest BCUT2D eigenvalue weighted by atomic mass is 16.6. The van der Waals surface area contributed by atoms with Gasteiger partial charge in [0.25, 0.3) is 5.69 Å². The molecule has 0 amide bonds. The molecule has 68 valence electrons. The van der Waals surface area contributed by atoms with Gasteiger partial charge in [-0.15, -0.1) is 0 Å². The van der Waals surface area contributed by atoms with E-state index in [0.29, 0.717) is 11.1 Å². The molecule has 1 aromatic carbocycles. The van der Waals surface area contributed by atoms with Crippen LogP contribution in [0.5, 0.6) is 0 Å². The summed E-state index contributed by atoms with van der Waals surface area (Å²) in [4.78, 5) is 16.6. The summed E-state index contributed by atoms with van der Waals surface area (Å²) in [5.74, 6) is 0. The fraction of sp³-hybridized carbons (Fsp3) is 0. The second kappa shape index (κ2) is 2.81. The van der Waals surface area contributed by atoms with Crippen LogP contribution in [0.2, 0.25) is 0 Å². The minimum absolute atomic E-state index is 0.0970. The summed E-state index contributed by atoms with van der Waals surface area (Å²) in [6.45, 7) is 0. The van der Waals surface area contributed by atoms with Gasteiger partial charge in [0.1, 0.15) is 6.07 Å². The largest absolute Gasteiger partial charge is 0.343 e. The second-order valence-electron chi connectivity index (χ2n) is 2.63. The van der Waals surface area contributed by atoms with E-state index in [4.69, 9.17) is 5.26 Å². The third kappa shape index (κ3) is 0.998. The molecule has 0 aliphatic rings. The molecule has 2 rings (SSSR count). The molecule has 0 bridgehead atoms. The van der Waals surface area contributed by atoms with Gasteiger partial charge in [-0.05, 0) is 6.07 Å². The molecule has 0 saturated carbocycles. The minimum atomic E-state index is -0.523. The Bertz CT molecular complexity index is 552. The van der Waals surface area contributed by atoms with Crippen molar-refractivity contribution < 1.29 is 4.92 Å². The van der Waals surface area contributed by atoms with Gasteiger partial charge in [0.2, 0.25) is 0 Å². The van der Waals surface area contributed by atoms with Crippen LogP contribution < -0.4 is 0 Å². The van der Waals surface area contributed by atoms with E-state index in [1.54, 1.807) is 0 Å². The number of nitrogens with zero attached hydrogens (tertiary/aromatic N) is 3. The number of benzene rings is 1. The number of H-pyrrole nitrogens is 1. The van der Waals surface area contributed by atoms with Crippen LogP contribution in [0, 0.1) is 21.4 Å². The maximum Gasteiger partial charge on any atom is 0.297 e. The van der Waals surface area contributed by atoms with Crippen molar-refractivity contribution in [3.8, 4) is 6.07 Å². The van der Waals surface area contributed by atoms with Crippen molar-refractivity contribution >= 4 is 16.7 Å². The number of nitro groups is 1. The van der Waals surface area contributed by atoms with E-state index in [0.717, 1.165) is 0 Å². The van der Waals surface area contributed by atoms with Gasteiger partial charge in [-0.25, -0.2) is 4.98 Å². The third-order valence-electron chi connectivity index (χ3n) is 1.88. The Balaban J connectivity index is 2.87. The molecule has 6 heteroatoms. The molecule has 1 N–H and O–H groups in total. The number of nitriles is 1. The van der Waals surface area contributed by atoms with Crippen molar-refractivity contribution in [2.75, 3.05) is 0 Å². The zero-order valence-electron chi connectivity index (χ0n) is 6.89. The SMILES string of the molecule is N#Cc1ccc([N+](=O)[O-])c2nc[nH]c12. The second-order valence-corrected chi connectivity index (χ2v) is 2.63. The summed E-state index contributed by atoms with van der Waals surface area (Å²) < 4.78 is 0. The van der Waals surface area contributed by atoms with E-state index >= 15 is 0 Å². The monoisotopic (exact) mass is 188 g/mol. The van der Waals surface area contributed by atoms with Crippen LogP contribution in [-0.2, 0) is 0 Å². The highest BCUT2D eigenvalue weighted by Gasteiger charge is 2.15. The molecule has 2 aromatic rings. The molecule has 0 fully saturated rings. The summed E-state index contributed by atoms with van der Waals surface area (Å²) in [7, 11) is 0. The lowest BCUT2D eigenvalue weighted by atomic mass is 10.2. The first-order valence-electron chi connectivity index (χ1n) is 3.74. The number of nitrogens with one attached hydrogen (secondary N) is 1. The minimum Gasteiger partial charge on any atom is -0.343 e. The zero-order chi connectivity index (χ0) is 10.1. The van der Waals surface area contributed by atoms with Crippen LogP contribution in [0.4, 0.5) is 5.69 Å². The van der Waals surface area contributed by atoms with E-state index < -0.39 is 4.92 Å². The summed E-state index contributed by atoms with van der Waals surface area (Å²) >= 11 is 0. The van der Waals surface area contributed by atoms with Gasteiger partial charge in [-0.3, -0.25) is 10.1 Å². The van der Waals surface area contributed by atoms with E-state index in [-0.39, 0.29) is 11.2 Å². The predicted molar refractivity (Wildman–Crippen MR) is 47.5 cm³/mol. The lowest BCUT2D eigenvalue weighted by Crippen LogP contribution is -1.90. The molecule has 6 nitrogen and oxygen atoms in total. The molecule has 0 aliphatic carbocycles. The highest BCUT2D eigenvalue weighted by molar-refractivity contribution is 5.88. The summed E-state index contributed by atoms with van der Waals surface area (Å²) in [5.41, 5.74) is 0.874. The van der Waals surface area contributed by atoms with Crippen molar-refractivity contribution in [2.45, 2.75) is 0 Å². The molecule has 0 radical (unpaired) electrons. The molecule has 0 spiro atoms. The van der Waals surface area contributed by atoms with E-state index in [1.165, 1.54) is 18.5 Å². The number of rotatable bonds is 1. The molecular formula is C8H4N4O2. The Hall–Kier alpha value is -2.42. The number of aromatic nitrogens is 2. The molecule has 0 atom stereocenters. The molecule has 14 heavy (non-hydrogen) atoms. The van der Waals surface area contributed by atoms with Gasteiger partial charge in [-0.1, -0.05) is 0 Å². The van der Waals surface area contributed by atoms with Gasteiger partial charge in [0.15, 0.2) is 5.52 Å². The van der Waals surface area contributed by atoms with Gasteiger partial charge < -0.3 is 4.98 Å². The summed E-state index contributed by atoms with van der Waals surface area (Å²) in [6, 6.07) is 4.61. The molecule has 0 aliphatic heterocycles. The van der Waals surface area contributed by atoms with Crippen LogP contribution in [0.3, 0.4) is 0 Å². The Morgan fingerprint density at radius 1 is 1.57 bits per heavy atom. The lowest BCUT2D eigenvalue weighted by molar-refractivity contribution is -0.383. The normalized spacial score (nSPS) is 9.93. The molecule has 1 aromatic heterocycles. The number of nitro benzene ring substituents is 1. The molecule has 0 unspecified atom stereocenters. The topological polar surface area (TPSA) is 95.6 Å². The van der Waals surface area contributed by atoms with Crippen molar-refractivity contribution in [1.29, 1.82) is 5.26 Å². The Labute approximate surface area is 78.0 Å². The standard InChI is InChI=1S/C8H4N4O2/c9-3-5-1-2-6(12(13)14)8-7(5)10-4-11-8/h1-2,4H,(H,10,11). The van der Waals surface area contributed by atoms with Gasteiger partial charge >= 0.3 is 0 Å². The average Bonchev–Trinajstić information content (AvgIpc) is 2.64. The molecular weight excluding hydrogens is 184 g/mol. The van der Waals surface area contributed by atoms with Crippen LogP contribution in [0.25, 0.3) is 11.0 Å². The van der Waals surface area contributed by atoms with Crippen LogP contribution in [0.15, 0.2) is 18.5 Å². The van der Waals surface area contributed by atoms with Gasteiger partial charge in [0.05, 0.1) is 22.3 Å². The zero-order valence-corrected chi connectivity index (χ0v) is 6.89. The maximum atomic E-state index is 10.6. The first-order valence-corrected chi connectivity index (χ1v) is 3.74. The predicted octanol–water partition coefficient (Wildman–Crippen LogP) is 1.34. The first-order chi connectivity index (χ1) is 6.74. The number of imidazole rings is 1. The smallest absolute Gasteiger partial charge is 0.297 e. The number of aromatic amines is 1. The number of fused-ring (bicyclic) bond motifs is 1. The summed E-state index contributed by atoms with van der Waals surface area (Å²) in [5, 5.41) is 19.3. The van der Waals surface area contributed by atoms with Crippen molar-refractivity contribution in [2.24, 2.45) is 0 Å². The fourth-order valence-electron chi connectivity index (χ4n) is 1.26. The van der Waals surface area contributed by atoms with E-state index in [2.05, 4.69) is 9.97 Å². The Morgan fingerprint density at radius 2 is 2.36 bits per heavy atom. The van der Waals surface area contributed by atoms with E-state index in [1.807, 2.05) is 6.07 Å².